The van der Waals surface area contributed by atoms with E-state index in [0.29, 0.717) is 11.3 Å². The van der Waals surface area contributed by atoms with Crippen LogP contribution in [0.1, 0.15) is 11.1 Å². The molecule has 0 saturated carbocycles. The van der Waals surface area contributed by atoms with Crippen LogP contribution < -0.4 is 11.1 Å². The topological polar surface area (TPSA) is 97.4 Å². The van der Waals surface area contributed by atoms with Crippen LogP contribution in [0.5, 0.6) is 0 Å². The van der Waals surface area contributed by atoms with Crippen molar-refractivity contribution in [3.8, 4) is 11.5 Å². The van der Waals surface area contributed by atoms with E-state index in [2.05, 4.69) is 10.4 Å². The van der Waals surface area contributed by atoms with Gasteiger partial charge in [-0.3, -0.25) is 9.59 Å². The third-order valence-electron chi connectivity index (χ3n) is 4.60. The molecule has 0 radical (unpaired) electrons. The summed E-state index contributed by atoms with van der Waals surface area (Å²) in [4.78, 5) is 37.9. The summed E-state index contributed by atoms with van der Waals surface area (Å²) in [6, 6.07) is 14.5. The van der Waals surface area contributed by atoms with Crippen molar-refractivity contribution in [2.45, 2.75) is 20.4 Å². The number of benzene rings is 2. The number of carbonyl (C=O) groups excluding carboxylic acids is 2. The van der Waals surface area contributed by atoms with Crippen LogP contribution in [0.2, 0.25) is 0 Å². The van der Waals surface area contributed by atoms with Gasteiger partial charge in [0.1, 0.15) is 6.54 Å². The number of hydrogen-bond acceptors (Lipinski definition) is 5. The highest BCUT2D eigenvalue weighted by Crippen LogP contribution is 2.18. The molecule has 1 N–H and O–H groups in total. The smallest absolute Gasteiger partial charge is 0.388 e. The highest BCUT2D eigenvalue weighted by Gasteiger charge is 2.18. The van der Waals surface area contributed by atoms with Crippen molar-refractivity contribution < 1.29 is 14.0 Å². The van der Waals surface area contributed by atoms with E-state index >= 15 is 0 Å². The maximum absolute atomic E-state index is 12.4. The van der Waals surface area contributed by atoms with Crippen LogP contribution in [0.3, 0.4) is 0 Å². The lowest BCUT2D eigenvalue weighted by Crippen LogP contribution is -2.38. The second-order valence-corrected chi connectivity index (χ2v) is 6.74. The SMILES string of the molecule is Cc1cccc(NC(=O)CN(C)C(=O)Cn2nc(-c3ccccc3)oc2=O)c1C. The standard InChI is InChI=1S/C21H22N4O4/c1-14-8-7-11-17(15(14)2)22-18(26)12-24(3)19(27)13-25-21(28)29-20(23-25)16-9-5-4-6-10-16/h4-11H,12-13H2,1-3H3,(H,22,26). The molecule has 2 amide bonds. The zero-order chi connectivity index (χ0) is 21.0. The highest BCUT2D eigenvalue weighted by molar-refractivity contribution is 5.95. The summed E-state index contributed by atoms with van der Waals surface area (Å²) < 4.78 is 6.06. The van der Waals surface area contributed by atoms with Gasteiger partial charge in [0.25, 0.3) is 0 Å². The Balaban J connectivity index is 1.62. The summed E-state index contributed by atoms with van der Waals surface area (Å²) >= 11 is 0. The van der Waals surface area contributed by atoms with Crippen LogP contribution in [-0.4, -0.2) is 40.1 Å². The van der Waals surface area contributed by atoms with Gasteiger partial charge < -0.3 is 14.6 Å². The first-order chi connectivity index (χ1) is 13.8. The molecule has 0 bridgehead atoms. The third kappa shape index (κ3) is 4.78. The molecule has 0 saturated heterocycles. The normalized spacial score (nSPS) is 10.6. The molecule has 0 fully saturated rings. The van der Waals surface area contributed by atoms with Crippen LogP contribution in [-0.2, 0) is 16.1 Å². The minimum Gasteiger partial charge on any atom is -0.388 e. The van der Waals surface area contributed by atoms with Crippen LogP contribution >= 0.6 is 0 Å². The first kappa shape index (κ1) is 20.1. The summed E-state index contributed by atoms with van der Waals surface area (Å²) in [5.74, 6) is -1.35. The van der Waals surface area contributed by atoms with Gasteiger partial charge >= 0.3 is 5.76 Å². The van der Waals surface area contributed by atoms with Gasteiger partial charge in [-0.1, -0.05) is 30.3 Å². The molecule has 0 aliphatic rings. The molecule has 1 aromatic heterocycles. The molecule has 29 heavy (non-hydrogen) atoms. The number of aromatic nitrogens is 2. The largest absolute Gasteiger partial charge is 0.437 e. The summed E-state index contributed by atoms with van der Waals surface area (Å²) in [5, 5.41) is 6.86. The third-order valence-corrected chi connectivity index (χ3v) is 4.60. The van der Waals surface area contributed by atoms with E-state index in [9.17, 15) is 14.4 Å². The fraction of sp³-hybridized carbons (Fsp3) is 0.238. The van der Waals surface area contributed by atoms with Gasteiger partial charge in [0, 0.05) is 18.3 Å². The van der Waals surface area contributed by atoms with Crippen molar-refractivity contribution >= 4 is 17.5 Å². The average molecular weight is 394 g/mol. The van der Waals surface area contributed by atoms with Crippen LogP contribution in [0.4, 0.5) is 5.69 Å². The minimum atomic E-state index is -0.731. The Morgan fingerprint density at radius 1 is 1.10 bits per heavy atom. The number of anilines is 1. The molecule has 0 aliphatic heterocycles. The van der Waals surface area contributed by atoms with E-state index in [1.165, 1.54) is 11.9 Å². The number of carbonyl (C=O) groups is 2. The van der Waals surface area contributed by atoms with Crippen LogP contribution in [0.25, 0.3) is 11.5 Å². The predicted molar refractivity (Wildman–Crippen MR) is 108 cm³/mol. The van der Waals surface area contributed by atoms with Gasteiger partial charge in [-0.05, 0) is 43.2 Å². The Kier molecular flexibility index (Phi) is 5.92. The molecular weight excluding hydrogens is 372 g/mol. The first-order valence-corrected chi connectivity index (χ1v) is 9.08. The molecule has 1 heterocycles. The van der Waals surface area contributed by atoms with Gasteiger partial charge in [-0.25, -0.2) is 4.79 Å². The molecule has 3 aromatic rings. The van der Waals surface area contributed by atoms with Crippen LogP contribution in [0.15, 0.2) is 57.7 Å². The molecule has 0 spiro atoms. The van der Waals surface area contributed by atoms with Crippen LogP contribution in [0, 0.1) is 13.8 Å². The van der Waals surface area contributed by atoms with Crippen molar-refractivity contribution in [1.29, 1.82) is 0 Å². The lowest BCUT2D eigenvalue weighted by atomic mass is 10.1. The molecule has 3 rings (SSSR count). The van der Waals surface area contributed by atoms with Crippen molar-refractivity contribution in [3.63, 3.8) is 0 Å². The molecule has 0 unspecified atom stereocenters. The fourth-order valence-electron chi connectivity index (χ4n) is 2.73. The van der Waals surface area contributed by atoms with Gasteiger partial charge in [-0.15, -0.1) is 5.10 Å². The van der Waals surface area contributed by atoms with E-state index in [-0.39, 0.29) is 24.9 Å². The number of likely N-dealkylation sites (N-methyl/N-ethyl adjacent to an activating group) is 1. The minimum absolute atomic E-state index is 0.138. The molecule has 8 nitrogen and oxygen atoms in total. The summed E-state index contributed by atoms with van der Waals surface area (Å²) in [7, 11) is 1.49. The van der Waals surface area contributed by atoms with Crippen molar-refractivity contribution in [2.75, 3.05) is 18.9 Å². The van der Waals surface area contributed by atoms with Crippen molar-refractivity contribution in [2.24, 2.45) is 0 Å². The Hall–Kier alpha value is -3.68. The summed E-state index contributed by atoms with van der Waals surface area (Å²) in [6.45, 7) is 3.41. The van der Waals surface area contributed by atoms with E-state index in [0.717, 1.165) is 15.8 Å². The Labute approximate surface area is 167 Å². The molecule has 8 heteroatoms. The molecule has 0 atom stereocenters. The Bertz CT molecular complexity index is 1090. The van der Waals surface area contributed by atoms with E-state index in [1.807, 2.05) is 38.1 Å². The van der Waals surface area contributed by atoms with Gasteiger partial charge in [0.05, 0.1) is 6.54 Å². The number of aryl methyl sites for hydroxylation is 1. The lowest BCUT2D eigenvalue weighted by Gasteiger charge is -2.17. The molecular formula is C21H22N4O4. The maximum atomic E-state index is 12.4. The quantitative estimate of drug-likeness (QED) is 0.691. The zero-order valence-corrected chi connectivity index (χ0v) is 16.5. The monoisotopic (exact) mass is 394 g/mol. The second kappa shape index (κ2) is 8.55. The summed E-state index contributed by atoms with van der Waals surface area (Å²) in [5.41, 5.74) is 3.37. The summed E-state index contributed by atoms with van der Waals surface area (Å²) in [6.07, 6.45) is 0. The molecule has 150 valence electrons. The predicted octanol–water partition coefficient (Wildman–Crippen LogP) is 2.22. The number of amides is 2. The zero-order valence-electron chi connectivity index (χ0n) is 16.5. The van der Waals surface area contributed by atoms with Crippen molar-refractivity contribution in [3.05, 3.63) is 70.2 Å². The molecule has 0 aliphatic carbocycles. The van der Waals surface area contributed by atoms with E-state index < -0.39 is 11.7 Å². The fourth-order valence-corrected chi connectivity index (χ4v) is 2.73. The van der Waals surface area contributed by atoms with Gasteiger partial charge in [-0.2, -0.15) is 4.68 Å². The first-order valence-electron chi connectivity index (χ1n) is 9.08. The number of rotatable bonds is 6. The highest BCUT2D eigenvalue weighted by atomic mass is 16.4. The molecule has 2 aromatic carbocycles. The van der Waals surface area contributed by atoms with Crippen molar-refractivity contribution in [1.82, 2.24) is 14.7 Å². The Morgan fingerprint density at radius 3 is 2.55 bits per heavy atom. The number of nitrogens with one attached hydrogen (secondary N) is 1. The average Bonchev–Trinajstić information content (AvgIpc) is 3.06. The second-order valence-electron chi connectivity index (χ2n) is 6.74. The van der Waals surface area contributed by atoms with Gasteiger partial charge in [0.15, 0.2) is 0 Å². The Morgan fingerprint density at radius 2 is 1.83 bits per heavy atom. The van der Waals surface area contributed by atoms with E-state index in [4.69, 9.17) is 4.42 Å². The van der Waals surface area contributed by atoms with E-state index in [1.54, 1.807) is 24.3 Å². The number of hydrogen-bond donors (Lipinski definition) is 1. The van der Waals surface area contributed by atoms with Gasteiger partial charge in [0.2, 0.25) is 17.7 Å². The maximum Gasteiger partial charge on any atom is 0.437 e. The number of nitrogens with zero attached hydrogens (tertiary/aromatic N) is 3. The lowest BCUT2D eigenvalue weighted by molar-refractivity contribution is -0.134.